The van der Waals surface area contributed by atoms with Gasteiger partial charge in [-0.2, -0.15) is 5.26 Å². The third-order valence-corrected chi connectivity index (χ3v) is 5.35. The predicted octanol–water partition coefficient (Wildman–Crippen LogP) is 3.72. The van der Waals surface area contributed by atoms with Crippen molar-refractivity contribution >= 4 is 28.2 Å². The lowest BCUT2D eigenvalue weighted by molar-refractivity contribution is 0.585. The molecule has 1 fully saturated rings. The minimum Gasteiger partial charge on any atom is -0.354 e. The maximum absolute atomic E-state index is 8.98. The van der Waals surface area contributed by atoms with E-state index in [2.05, 4.69) is 49.8 Å². The number of hydrogen-bond acceptors (Lipinski definition) is 7. The minimum atomic E-state index is 0.523. The summed E-state index contributed by atoms with van der Waals surface area (Å²) in [5.74, 6) is 2.31. The van der Waals surface area contributed by atoms with Gasteiger partial charge in [0.15, 0.2) is 0 Å². The fourth-order valence-electron chi connectivity index (χ4n) is 3.78. The molecule has 7 nitrogen and oxygen atoms in total. The normalized spacial score (nSPS) is 13.7. The molecular formula is C24H21N7. The molecule has 0 spiro atoms. The van der Waals surface area contributed by atoms with Crippen molar-refractivity contribution in [3.63, 3.8) is 0 Å². The van der Waals surface area contributed by atoms with E-state index in [-0.39, 0.29) is 0 Å². The zero-order valence-corrected chi connectivity index (χ0v) is 16.9. The van der Waals surface area contributed by atoms with Gasteiger partial charge >= 0.3 is 0 Å². The number of benzene rings is 1. The Balaban J connectivity index is 1.55. The molecule has 4 heterocycles. The smallest absolute Gasteiger partial charge is 0.132 e. The van der Waals surface area contributed by atoms with E-state index in [0.717, 1.165) is 54.0 Å². The zero-order chi connectivity index (χ0) is 21.0. The number of rotatable bonds is 4. The molecule has 0 bridgehead atoms. The lowest BCUT2D eigenvalue weighted by Crippen LogP contribution is -2.43. The van der Waals surface area contributed by atoms with Crippen LogP contribution < -0.4 is 15.5 Å². The predicted molar refractivity (Wildman–Crippen MR) is 122 cm³/mol. The van der Waals surface area contributed by atoms with E-state index in [4.69, 9.17) is 10.2 Å². The van der Waals surface area contributed by atoms with Gasteiger partial charge in [0.1, 0.15) is 23.5 Å². The molecule has 5 rings (SSSR count). The van der Waals surface area contributed by atoms with Crippen LogP contribution in [-0.4, -0.2) is 41.1 Å². The van der Waals surface area contributed by atoms with E-state index in [1.807, 2.05) is 30.5 Å². The highest BCUT2D eigenvalue weighted by molar-refractivity contribution is 5.96. The molecule has 3 aromatic heterocycles. The Kier molecular flexibility index (Phi) is 5.13. The van der Waals surface area contributed by atoms with Gasteiger partial charge in [-0.05, 0) is 35.7 Å². The summed E-state index contributed by atoms with van der Waals surface area (Å²) in [6.07, 6.45) is 3.40. The van der Waals surface area contributed by atoms with E-state index in [0.29, 0.717) is 17.2 Å². The molecular weight excluding hydrogens is 386 g/mol. The number of anilines is 3. The van der Waals surface area contributed by atoms with Crippen molar-refractivity contribution in [1.29, 1.82) is 5.26 Å². The molecule has 0 aliphatic carbocycles. The Labute approximate surface area is 180 Å². The van der Waals surface area contributed by atoms with Gasteiger partial charge in [-0.25, -0.2) is 15.0 Å². The molecule has 152 valence electrons. The molecule has 0 radical (unpaired) electrons. The molecule has 1 saturated heterocycles. The van der Waals surface area contributed by atoms with E-state index >= 15 is 0 Å². The fourth-order valence-corrected chi connectivity index (χ4v) is 3.78. The Bertz CT molecular complexity index is 1260. The second-order valence-electron chi connectivity index (χ2n) is 7.39. The Morgan fingerprint density at radius 3 is 2.65 bits per heavy atom. The fraction of sp³-hybridized carbons (Fsp3) is 0.167. The maximum atomic E-state index is 8.98. The number of nitriles is 1. The van der Waals surface area contributed by atoms with E-state index in [1.165, 1.54) is 0 Å². The number of pyridine rings is 3. The highest BCUT2D eigenvalue weighted by Crippen LogP contribution is 2.31. The summed E-state index contributed by atoms with van der Waals surface area (Å²) in [4.78, 5) is 16.1. The molecule has 0 unspecified atom stereocenters. The monoisotopic (exact) mass is 407 g/mol. The summed E-state index contributed by atoms with van der Waals surface area (Å²) < 4.78 is 0. The SMILES string of the molecule is N#Cc1ccc(Nc2cc3ccccc3c(-c3ccnc(N4CCNCC4)c3)n2)nc1. The minimum absolute atomic E-state index is 0.523. The van der Waals surface area contributed by atoms with Gasteiger partial charge in [-0.1, -0.05) is 24.3 Å². The first kappa shape index (κ1) is 19.0. The van der Waals surface area contributed by atoms with Gasteiger partial charge in [0.2, 0.25) is 0 Å². The number of fused-ring (bicyclic) bond motifs is 1. The second kappa shape index (κ2) is 8.38. The van der Waals surface area contributed by atoms with Crippen molar-refractivity contribution in [3.8, 4) is 17.3 Å². The van der Waals surface area contributed by atoms with Crippen LogP contribution in [0.4, 0.5) is 17.5 Å². The Morgan fingerprint density at radius 2 is 1.84 bits per heavy atom. The number of hydrogen-bond donors (Lipinski definition) is 2. The molecule has 1 aliphatic heterocycles. The summed E-state index contributed by atoms with van der Waals surface area (Å²) >= 11 is 0. The number of nitrogens with one attached hydrogen (secondary N) is 2. The van der Waals surface area contributed by atoms with Crippen molar-refractivity contribution < 1.29 is 0 Å². The summed E-state index contributed by atoms with van der Waals surface area (Å²) in [5, 5.41) is 17.8. The molecule has 2 N–H and O–H groups in total. The van der Waals surface area contributed by atoms with Gasteiger partial charge in [0.25, 0.3) is 0 Å². The standard InChI is InChI=1S/C24H21N7/c25-15-17-5-6-21(28-16-17)29-22-13-18-3-1-2-4-20(18)24(30-22)19-7-8-27-23(14-19)31-11-9-26-10-12-31/h1-8,13-14,16,26H,9-12H2,(H,28,29,30). The molecule has 31 heavy (non-hydrogen) atoms. The number of nitrogens with zero attached hydrogens (tertiary/aromatic N) is 5. The maximum Gasteiger partial charge on any atom is 0.132 e. The highest BCUT2D eigenvalue weighted by Gasteiger charge is 2.14. The highest BCUT2D eigenvalue weighted by atomic mass is 15.2. The third kappa shape index (κ3) is 4.02. The largest absolute Gasteiger partial charge is 0.354 e. The Hall–Kier alpha value is -4.02. The van der Waals surface area contributed by atoms with E-state index in [1.54, 1.807) is 18.3 Å². The van der Waals surface area contributed by atoms with Crippen molar-refractivity contribution in [2.75, 3.05) is 36.4 Å². The van der Waals surface area contributed by atoms with Crippen molar-refractivity contribution in [3.05, 3.63) is 72.6 Å². The van der Waals surface area contributed by atoms with Gasteiger partial charge in [0, 0.05) is 49.5 Å². The van der Waals surface area contributed by atoms with Gasteiger partial charge < -0.3 is 15.5 Å². The van der Waals surface area contributed by atoms with Crippen LogP contribution in [0.5, 0.6) is 0 Å². The molecule has 4 aromatic rings. The molecule has 1 aromatic carbocycles. The summed E-state index contributed by atoms with van der Waals surface area (Å²) in [6, 6.07) is 20.0. The van der Waals surface area contributed by atoms with E-state index in [9.17, 15) is 0 Å². The van der Waals surface area contributed by atoms with Gasteiger partial charge in [0.05, 0.1) is 11.3 Å². The summed E-state index contributed by atoms with van der Waals surface area (Å²) in [5.41, 5.74) is 2.44. The number of piperazine rings is 1. The van der Waals surface area contributed by atoms with Gasteiger partial charge in [-0.3, -0.25) is 0 Å². The number of aromatic nitrogens is 3. The van der Waals surface area contributed by atoms with Crippen LogP contribution in [0.15, 0.2) is 67.0 Å². The van der Waals surface area contributed by atoms with Crippen molar-refractivity contribution in [2.45, 2.75) is 0 Å². The van der Waals surface area contributed by atoms with Gasteiger partial charge in [-0.15, -0.1) is 0 Å². The third-order valence-electron chi connectivity index (χ3n) is 5.35. The molecule has 0 amide bonds. The molecule has 0 atom stereocenters. The Morgan fingerprint density at radius 1 is 0.968 bits per heavy atom. The van der Waals surface area contributed by atoms with Crippen LogP contribution in [-0.2, 0) is 0 Å². The van der Waals surface area contributed by atoms with Crippen LogP contribution in [0, 0.1) is 11.3 Å². The first-order valence-electron chi connectivity index (χ1n) is 10.3. The van der Waals surface area contributed by atoms with Crippen molar-refractivity contribution in [1.82, 2.24) is 20.3 Å². The van der Waals surface area contributed by atoms with Crippen LogP contribution >= 0.6 is 0 Å². The van der Waals surface area contributed by atoms with Crippen LogP contribution in [0.2, 0.25) is 0 Å². The van der Waals surface area contributed by atoms with Crippen LogP contribution in [0.3, 0.4) is 0 Å². The van der Waals surface area contributed by atoms with Crippen molar-refractivity contribution in [2.24, 2.45) is 0 Å². The quantitative estimate of drug-likeness (QED) is 0.533. The first-order valence-corrected chi connectivity index (χ1v) is 10.3. The van der Waals surface area contributed by atoms with Crippen LogP contribution in [0.25, 0.3) is 22.0 Å². The van der Waals surface area contributed by atoms with E-state index < -0.39 is 0 Å². The average Bonchev–Trinajstić information content (AvgIpc) is 2.85. The lowest BCUT2D eigenvalue weighted by Gasteiger charge is -2.28. The summed E-state index contributed by atoms with van der Waals surface area (Å²) in [7, 11) is 0. The summed E-state index contributed by atoms with van der Waals surface area (Å²) in [6.45, 7) is 3.81. The first-order chi connectivity index (χ1) is 15.3. The van der Waals surface area contributed by atoms with Crippen LogP contribution in [0.1, 0.15) is 5.56 Å². The molecule has 7 heteroatoms. The molecule has 1 aliphatic rings. The second-order valence-corrected chi connectivity index (χ2v) is 7.39. The zero-order valence-electron chi connectivity index (χ0n) is 16.9. The average molecular weight is 407 g/mol. The molecule has 0 saturated carbocycles. The topological polar surface area (TPSA) is 89.8 Å². The lowest BCUT2D eigenvalue weighted by atomic mass is 10.0.